The molecule has 1 saturated carbocycles. The first kappa shape index (κ1) is 16.6. The molecule has 126 valence electrons. The van der Waals surface area contributed by atoms with Crippen molar-refractivity contribution in [3.63, 3.8) is 0 Å². The molecule has 0 aliphatic heterocycles. The third-order valence-corrected chi connectivity index (χ3v) is 4.89. The number of hydrogen-bond acceptors (Lipinski definition) is 3. The molecule has 1 N–H and O–H groups in total. The van der Waals surface area contributed by atoms with Gasteiger partial charge in [-0.05, 0) is 54.2 Å². The molecule has 0 saturated heterocycles. The van der Waals surface area contributed by atoms with E-state index in [1.165, 1.54) is 50.3 Å². The van der Waals surface area contributed by atoms with E-state index in [4.69, 9.17) is 4.74 Å². The lowest BCUT2D eigenvalue weighted by molar-refractivity contribution is 0.0601. The topological polar surface area (TPSA) is 38.3 Å². The van der Waals surface area contributed by atoms with Crippen molar-refractivity contribution in [2.75, 3.05) is 12.4 Å². The summed E-state index contributed by atoms with van der Waals surface area (Å²) in [6, 6.07) is 16.2. The molecule has 3 heteroatoms. The van der Waals surface area contributed by atoms with Crippen molar-refractivity contribution in [2.45, 2.75) is 44.6 Å². The van der Waals surface area contributed by atoms with Crippen molar-refractivity contribution in [1.29, 1.82) is 0 Å². The van der Waals surface area contributed by atoms with Crippen LogP contribution < -0.4 is 5.32 Å². The highest BCUT2D eigenvalue weighted by atomic mass is 16.5. The maximum absolute atomic E-state index is 11.5. The minimum atomic E-state index is -0.302. The fourth-order valence-corrected chi connectivity index (χ4v) is 3.55. The van der Waals surface area contributed by atoms with Gasteiger partial charge in [0.15, 0.2) is 0 Å². The Morgan fingerprint density at radius 1 is 1.04 bits per heavy atom. The average molecular weight is 323 g/mol. The van der Waals surface area contributed by atoms with Gasteiger partial charge in [-0.3, -0.25) is 0 Å². The first-order valence-electron chi connectivity index (χ1n) is 8.78. The molecular formula is C21H25NO2. The van der Waals surface area contributed by atoms with Crippen LogP contribution in [0.4, 0.5) is 5.69 Å². The number of carbonyl (C=O) groups is 1. The Kier molecular flexibility index (Phi) is 5.52. The molecule has 0 unspecified atom stereocenters. The van der Waals surface area contributed by atoms with Crippen LogP contribution in [0.5, 0.6) is 0 Å². The summed E-state index contributed by atoms with van der Waals surface area (Å²) in [4.78, 5) is 11.5. The summed E-state index contributed by atoms with van der Waals surface area (Å²) in [6.45, 7) is 0.810. The minimum absolute atomic E-state index is 0.302. The van der Waals surface area contributed by atoms with E-state index in [1.807, 2.05) is 12.1 Å². The van der Waals surface area contributed by atoms with E-state index in [0.717, 1.165) is 12.2 Å². The lowest BCUT2D eigenvalue weighted by Gasteiger charge is -2.24. The van der Waals surface area contributed by atoms with Crippen LogP contribution in [0.15, 0.2) is 48.5 Å². The van der Waals surface area contributed by atoms with Gasteiger partial charge in [-0.25, -0.2) is 4.79 Å². The van der Waals surface area contributed by atoms with E-state index in [0.29, 0.717) is 11.5 Å². The third kappa shape index (κ3) is 3.97. The van der Waals surface area contributed by atoms with Crippen LogP contribution in [0.3, 0.4) is 0 Å². The highest BCUT2D eigenvalue weighted by Crippen LogP contribution is 2.34. The van der Waals surface area contributed by atoms with Crippen molar-refractivity contribution in [3.05, 3.63) is 65.2 Å². The Hall–Kier alpha value is -2.29. The van der Waals surface area contributed by atoms with Crippen LogP contribution in [0.25, 0.3) is 0 Å². The van der Waals surface area contributed by atoms with Crippen molar-refractivity contribution >= 4 is 11.7 Å². The van der Waals surface area contributed by atoms with E-state index < -0.39 is 0 Å². The number of ether oxygens (including phenoxy) is 1. The quantitative estimate of drug-likeness (QED) is 0.775. The molecule has 1 aliphatic rings. The van der Waals surface area contributed by atoms with Gasteiger partial charge < -0.3 is 10.1 Å². The van der Waals surface area contributed by atoms with Crippen molar-refractivity contribution in [2.24, 2.45) is 0 Å². The number of rotatable bonds is 5. The summed E-state index contributed by atoms with van der Waals surface area (Å²) >= 11 is 0. The number of anilines is 1. The molecule has 1 fully saturated rings. The highest BCUT2D eigenvalue weighted by Gasteiger charge is 2.17. The Balaban J connectivity index is 1.67. The SMILES string of the molecule is COC(=O)c1ccc(NCc2ccccc2C2CCCCC2)cc1. The second-order valence-corrected chi connectivity index (χ2v) is 6.46. The van der Waals surface area contributed by atoms with E-state index in [1.54, 1.807) is 12.1 Å². The zero-order chi connectivity index (χ0) is 16.8. The fraction of sp³-hybridized carbons (Fsp3) is 0.381. The molecule has 3 nitrogen and oxygen atoms in total. The van der Waals surface area contributed by atoms with E-state index in [2.05, 4.69) is 29.6 Å². The van der Waals surface area contributed by atoms with Crippen LogP contribution in [-0.4, -0.2) is 13.1 Å². The second kappa shape index (κ2) is 8.00. The minimum Gasteiger partial charge on any atom is -0.465 e. The Morgan fingerprint density at radius 2 is 1.75 bits per heavy atom. The largest absolute Gasteiger partial charge is 0.465 e. The molecule has 2 aromatic carbocycles. The number of methoxy groups -OCH3 is 1. The predicted octanol–water partition coefficient (Wildman–Crippen LogP) is 5.13. The van der Waals surface area contributed by atoms with Crippen LogP contribution in [0.1, 0.15) is 59.5 Å². The van der Waals surface area contributed by atoms with Crippen LogP contribution in [-0.2, 0) is 11.3 Å². The lowest BCUT2D eigenvalue weighted by Crippen LogP contribution is -2.10. The molecule has 0 bridgehead atoms. The molecule has 0 aromatic heterocycles. The first-order chi connectivity index (χ1) is 11.8. The van der Waals surface area contributed by atoms with Gasteiger partial charge in [0.25, 0.3) is 0 Å². The van der Waals surface area contributed by atoms with Gasteiger partial charge in [0.05, 0.1) is 12.7 Å². The number of hydrogen-bond donors (Lipinski definition) is 1. The molecule has 0 amide bonds. The van der Waals surface area contributed by atoms with E-state index in [9.17, 15) is 4.79 Å². The van der Waals surface area contributed by atoms with Crippen LogP contribution >= 0.6 is 0 Å². The van der Waals surface area contributed by atoms with Gasteiger partial charge in [-0.2, -0.15) is 0 Å². The van der Waals surface area contributed by atoms with Gasteiger partial charge in [0, 0.05) is 12.2 Å². The molecule has 24 heavy (non-hydrogen) atoms. The first-order valence-corrected chi connectivity index (χ1v) is 8.78. The smallest absolute Gasteiger partial charge is 0.337 e. The molecule has 1 aliphatic carbocycles. The number of nitrogens with one attached hydrogen (secondary N) is 1. The van der Waals surface area contributed by atoms with Gasteiger partial charge in [-0.1, -0.05) is 43.5 Å². The lowest BCUT2D eigenvalue weighted by atomic mass is 9.82. The average Bonchev–Trinajstić information content (AvgIpc) is 2.67. The van der Waals surface area contributed by atoms with Gasteiger partial charge in [0.2, 0.25) is 0 Å². The van der Waals surface area contributed by atoms with E-state index in [-0.39, 0.29) is 5.97 Å². The fourth-order valence-electron chi connectivity index (χ4n) is 3.55. The Bertz CT molecular complexity index is 672. The molecule has 0 spiro atoms. The van der Waals surface area contributed by atoms with Gasteiger partial charge in [-0.15, -0.1) is 0 Å². The molecule has 3 rings (SSSR count). The molecule has 0 radical (unpaired) electrons. The zero-order valence-corrected chi connectivity index (χ0v) is 14.3. The highest BCUT2D eigenvalue weighted by molar-refractivity contribution is 5.89. The van der Waals surface area contributed by atoms with E-state index >= 15 is 0 Å². The van der Waals surface area contributed by atoms with Gasteiger partial charge in [0.1, 0.15) is 0 Å². The summed E-state index contributed by atoms with van der Waals surface area (Å²) < 4.78 is 4.73. The normalized spacial score (nSPS) is 15.0. The summed E-state index contributed by atoms with van der Waals surface area (Å²) in [5.74, 6) is 0.405. The van der Waals surface area contributed by atoms with Crippen LogP contribution in [0.2, 0.25) is 0 Å². The molecule has 0 heterocycles. The van der Waals surface area contributed by atoms with Gasteiger partial charge >= 0.3 is 5.97 Å². The summed E-state index contributed by atoms with van der Waals surface area (Å²) in [7, 11) is 1.40. The molecule has 0 atom stereocenters. The van der Waals surface area contributed by atoms with Crippen LogP contribution in [0, 0.1) is 0 Å². The second-order valence-electron chi connectivity index (χ2n) is 6.46. The monoisotopic (exact) mass is 323 g/mol. The Labute approximate surface area is 144 Å². The maximum atomic E-state index is 11.5. The Morgan fingerprint density at radius 3 is 2.46 bits per heavy atom. The number of benzene rings is 2. The zero-order valence-electron chi connectivity index (χ0n) is 14.3. The van der Waals surface area contributed by atoms with Crippen molar-refractivity contribution < 1.29 is 9.53 Å². The maximum Gasteiger partial charge on any atom is 0.337 e. The number of esters is 1. The number of carbonyl (C=O) groups excluding carboxylic acids is 1. The van der Waals surface area contributed by atoms with Crippen molar-refractivity contribution in [3.8, 4) is 0 Å². The summed E-state index contributed by atoms with van der Waals surface area (Å²) in [5, 5.41) is 3.47. The standard InChI is InChI=1S/C21H25NO2/c1-24-21(23)17-11-13-19(14-12-17)22-15-18-9-5-6-10-20(18)16-7-3-2-4-8-16/h5-6,9-14,16,22H,2-4,7-8,15H2,1H3. The third-order valence-electron chi connectivity index (χ3n) is 4.89. The van der Waals surface area contributed by atoms with Crippen molar-refractivity contribution in [1.82, 2.24) is 0 Å². The summed E-state index contributed by atoms with van der Waals surface area (Å²) in [5.41, 5.74) is 4.46. The predicted molar refractivity (Wildman–Crippen MR) is 97.4 cm³/mol. The molecule has 2 aromatic rings. The molecular weight excluding hydrogens is 298 g/mol. The summed E-state index contributed by atoms with van der Waals surface area (Å²) in [6.07, 6.45) is 6.70.